The molecule has 1 amide bonds. The lowest BCUT2D eigenvalue weighted by Gasteiger charge is -2.16. The molecule has 0 spiro atoms. The minimum absolute atomic E-state index is 0.0252. The molecular weight excluding hydrogens is 374 g/mol. The Kier molecular flexibility index (Phi) is 4.05. The number of anilines is 1. The molecule has 1 atom stereocenters. The molecule has 1 N–H and O–H groups in total. The molecule has 0 unspecified atom stereocenters. The molecule has 0 aliphatic carbocycles. The van der Waals surface area contributed by atoms with Gasteiger partial charge in [0.2, 0.25) is 12.7 Å². The highest BCUT2D eigenvalue weighted by Gasteiger charge is 2.31. The summed E-state index contributed by atoms with van der Waals surface area (Å²) < 4.78 is 12.8. The molecule has 0 saturated carbocycles. The lowest BCUT2D eigenvalue weighted by atomic mass is 10.0. The van der Waals surface area contributed by atoms with Crippen LogP contribution in [0.2, 0.25) is 0 Å². The fraction of sp³-hybridized carbons (Fsp3) is 0.238. The Hall–Kier alpha value is -2.93. The third-order valence-corrected chi connectivity index (χ3v) is 6.26. The van der Waals surface area contributed by atoms with Gasteiger partial charge in [0.15, 0.2) is 11.5 Å². The minimum Gasteiger partial charge on any atom is -0.454 e. The van der Waals surface area contributed by atoms with Crippen LogP contribution in [0.4, 0.5) is 5.82 Å². The maximum atomic E-state index is 12.4. The van der Waals surface area contributed by atoms with Crippen LogP contribution in [0.25, 0.3) is 5.69 Å². The van der Waals surface area contributed by atoms with Crippen molar-refractivity contribution < 1.29 is 14.3 Å². The summed E-state index contributed by atoms with van der Waals surface area (Å²) in [6, 6.07) is 14.1. The Bertz CT molecular complexity index is 1080. The molecule has 5 rings (SSSR count). The first-order valence-corrected chi connectivity index (χ1v) is 10.1. The van der Waals surface area contributed by atoms with Gasteiger partial charge in [0.1, 0.15) is 5.82 Å². The maximum Gasteiger partial charge on any atom is 0.235 e. The van der Waals surface area contributed by atoms with Gasteiger partial charge >= 0.3 is 0 Å². The van der Waals surface area contributed by atoms with E-state index >= 15 is 0 Å². The normalized spacial score (nSPS) is 17.8. The molecule has 0 fully saturated rings. The van der Waals surface area contributed by atoms with Crippen molar-refractivity contribution in [2.24, 2.45) is 0 Å². The standard InChI is InChI=1S/C21H19N3O3S/c1-12-3-6-15(7-4-12)24-21-19(13(2)23-24)20(28-10-18(25)22-21)14-5-8-16-17(9-14)27-11-26-16/h3-9,20H,10-11H2,1-2H3,(H,22,25)/t20-/m1/s1. The van der Waals surface area contributed by atoms with E-state index in [0.717, 1.165) is 39.8 Å². The van der Waals surface area contributed by atoms with E-state index in [0.29, 0.717) is 5.75 Å². The quantitative estimate of drug-likeness (QED) is 0.713. The minimum atomic E-state index is -0.0253. The fourth-order valence-corrected chi connectivity index (χ4v) is 4.77. The number of aromatic nitrogens is 2. The number of rotatable bonds is 2. The van der Waals surface area contributed by atoms with Crippen molar-refractivity contribution >= 4 is 23.5 Å². The predicted octanol–water partition coefficient (Wildman–Crippen LogP) is 3.99. The molecule has 0 radical (unpaired) electrons. The molecule has 6 nitrogen and oxygen atoms in total. The summed E-state index contributed by atoms with van der Waals surface area (Å²) >= 11 is 1.60. The zero-order valence-electron chi connectivity index (χ0n) is 15.6. The zero-order chi connectivity index (χ0) is 19.3. The highest BCUT2D eigenvalue weighted by atomic mass is 32.2. The second-order valence-corrected chi connectivity index (χ2v) is 8.04. The Balaban J connectivity index is 1.65. The zero-order valence-corrected chi connectivity index (χ0v) is 16.4. The second kappa shape index (κ2) is 6.60. The highest BCUT2D eigenvalue weighted by Crippen LogP contribution is 2.46. The van der Waals surface area contributed by atoms with E-state index in [9.17, 15) is 4.79 Å². The van der Waals surface area contributed by atoms with Crippen LogP contribution in [0.3, 0.4) is 0 Å². The molecular formula is C21H19N3O3S. The maximum absolute atomic E-state index is 12.4. The average molecular weight is 393 g/mol. The van der Waals surface area contributed by atoms with Crippen LogP contribution in [0.15, 0.2) is 42.5 Å². The summed E-state index contributed by atoms with van der Waals surface area (Å²) in [5, 5.41) is 7.79. The number of nitrogens with one attached hydrogen (secondary N) is 1. The van der Waals surface area contributed by atoms with Gasteiger partial charge in [0, 0.05) is 5.56 Å². The molecule has 3 heterocycles. The number of benzene rings is 2. The van der Waals surface area contributed by atoms with E-state index in [1.807, 2.05) is 61.0 Å². The Morgan fingerprint density at radius 3 is 2.71 bits per heavy atom. The lowest BCUT2D eigenvalue weighted by Crippen LogP contribution is -2.15. The topological polar surface area (TPSA) is 65.4 Å². The molecule has 3 aromatic rings. The van der Waals surface area contributed by atoms with E-state index in [1.54, 1.807) is 11.8 Å². The number of carbonyl (C=O) groups excluding carboxylic acids is 1. The first-order chi connectivity index (χ1) is 13.6. The van der Waals surface area contributed by atoms with Crippen LogP contribution >= 0.6 is 11.8 Å². The SMILES string of the molecule is Cc1ccc(-n2nc(C)c3c2NC(=O)CS[C@@H]3c2ccc3c(c2)OCO3)cc1. The van der Waals surface area contributed by atoms with Crippen LogP contribution in [0.1, 0.15) is 27.6 Å². The van der Waals surface area contributed by atoms with Crippen molar-refractivity contribution in [2.75, 3.05) is 17.9 Å². The monoisotopic (exact) mass is 393 g/mol. The number of nitrogens with zero attached hydrogens (tertiary/aromatic N) is 2. The summed E-state index contributed by atoms with van der Waals surface area (Å²) in [4.78, 5) is 12.4. The van der Waals surface area contributed by atoms with Crippen molar-refractivity contribution in [1.82, 2.24) is 9.78 Å². The van der Waals surface area contributed by atoms with Crippen LogP contribution < -0.4 is 14.8 Å². The van der Waals surface area contributed by atoms with Crippen molar-refractivity contribution in [3.8, 4) is 17.2 Å². The predicted molar refractivity (Wildman–Crippen MR) is 109 cm³/mol. The summed E-state index contributed by atoms with van der Waals surface area (Å²) in [6.07, 6.45) is 0. The van der Waals surface area contributed by atoms with Crippen molar-refractivity contribution in [3.63, 3.8) is 0 Å². The summed E-state index contributed by atoms with van der Waals surface area (Å²) in [5.74, 6) is 2.58. The van der Waals surface area contributed by atoms with Crippen molar-refractivity contribution in [2.45, 2.75) is 19.1 Å². The molecule has 2 aliphatic rings. The molecule has 142 valence electrons. The van der Waals surface area contributed by atoms with Gasteiger partial charge in [0.25, 0.3) is 0 Å². The number of hydrogen-bond donors (Lipinski definition) is 1. The highest BCUT2D eigenvalue weighted by molar-refractivity contribution is 8.00. The van der Waals surface area contributed by atoms with Crippen LogP contribution in [0, 0.1) is 13.8 Å². The molecule has 2 aromatic carbocycles. The van der Waals surface area contributed by atoms with Gasteiger partial charge in [-0.25, -0.2) is 4.68 Å². The Morgan fingerprint density at radius 1 is 1.11 bits per heavy atom. The number of amides is 1. The first-order valence-electron chi connectivity index (χ1n) is 9.08. The van der Waals surface area contributed by atoms with Gasteiger partial charge in [-0.1, -0.05) is 23.8 Å². The summed E-state index contributed by atoms with van der Waals surface area (Å²) in [7, 11) is 0. The number of aryl methyl sites for hydroxylation is 2. The van der Waals surface area contributed by atoms with Gasteiger partial charge < -0.3 is 14.8 Å². The van der Waals surface area contributed by atoms with E-state index in [2.05, 4.69) is 5.32 Å². The van der Waals surface area contributed by atoms with Crippen LogP contribution in [-0.4, -0.2) is 28.2 Å². The van der Waals surface area contributed by atoms with Gasteiger partial charge in [0.05, 0.1) is 22.4 Å². The van der Waals surface area contributed by atoms with Crippen LogP contribution in [-0.2, 0) is 4.79 Å². The first kappa shape index (κ1) is 17.2. The number of ether oxygens (including phenoxy) is 2. The van der Waals surface area contributed by atoms with Crippen molar-refractivity contribution in [3.05, 3.63) is 64.8 Å². The third kappa shape index (κ3) is 2.82. The van der Waals surface area contributed by atoms with Crippen LogP contribution in [0.5, 0.6) is 11.5 Å². The molecule has 28 heavy (non-hydrogen) atoms. The van der Waals surface area contributed by atoms with E-state index in [-0.39, 0.29) is 18.0 Å². The van der Waals surface area contributed by atoms with Gasteiger partial charge in [-0.3, -0.25) is 4.79 Å². The van der Waals surface area contributed by atoms with Gasteiger partial charge in [-0.2, -0.15) is 5.10 Å². The van der Waals surface area contributed by atoms with E-state index < -0.39 is 0 Å². The van der Waals surface area contributed by atoms with Gasteiger partial charge in [-0.15, -0.1) is 11.8 Å². The Morgan fingerprint density at radius 2 is 1.89 bits per heavy atom. The molecule has 0 bridgehead atoms. The average Bonchev–Trinajstić information content (AvgIpc) is 3.23. The molecule has 7 heteroatoms. The Labute approximate surface area is 166 Å². The number of carbonyl (C=O) groups is 1. The molecule has 2 aliphatic heterocycles. The molecule has 0 saturated heterocycles. The number of thioether (sulfide) groups is 1. The number of fused-ring (bicyclic) bond motifs is 2. The van der Waals surface area contributed by atoms with Gasteiger partial charge in [-0.05, 0) is 43.7 Å². The fourth-order valence-electron chi connectivity index (χ4n) is 3.60. The smallest absolute Gasteiger partial charge is 0.235 e. The van der Waals surface area contributed by atoms with Crippen molar-refractivity contribution in [1.29, 1.82) is 0 Å². The second-order valence-electron chi connectivity index (χ2n) is 6.95. The lowest BCUT2D eigenvalue weighted by molar-refractivity contribution is -0.113. The third-order valence-electron chi connectivity index (χ3n) is 4.99. The summed E-state index contributed by atoms with van der Waals surface area (Å²) in [6.45, 7) is 4.28. The van der Waals surface area contributed by atoms with E-state index in [4.69, 9.17) is 14.6 Å². The molecule has 1 aromatic heterocycles. The number of hydrogen-bond acceptors (Lipinski definition) is 5. The van der Waals surface area contributed by atoms with E-state index in [1.165, 1.54) is 5.56 Å². The summed E-state index contributed by atoms with van der Waals surface area (Å²) in [5.41, 5.74) is 5.09. The largest absolute Gasteiger partial charge is 0.454 e.